The summed E-state index contributed by atoms with van der Waals surface area (Å²) >= 11 is 0. The number of benzene rings is 2. The van der Waals surface area contributed by atoms with Gasteiger partial charge in [-0.2, -0.15) is 0 Å². The topological polar surface area (TPSA) is 62.0 Å². The number of halogens is 1. The molecule has 5 heteroatoms. The van der Waals surface area contributed by atoms with Crippen molar-refractivity contribution in [1.29, 1.82) is 0 Å². The Morgan fingerprint density at radius 1 is 1.13 bits per heavy atom. The number of carbonyl (C=O) groups is 1. The number of aryl methyl sites for hydroxylation is 2. The number of rotatable bonds is 2. The summed E-state index contributed by atoms with van der Waals surface area (Å²) < 4.78 is 13.7. The lowest BCUT2D eigenvalue weighted by molar-refractivity contribution is 0.102. The number of H-pyrrole nitrogens is 1. The third-order valence-electron chi connectivity index (χ3n) is 3.59. The number of fused-ring (bicyclic) bond motifs is 1. The summed E-state index contributed by atoms with van der Waals surface area (Å²) in [5.74, 6) is -1.05. The molecule has 4 nitrogen and oxygen atoms in total. The molecular formula is C18H15FN2O2. The highest BCUT2D eigenvalue weighted by atomic mass is 19.1. The van der Waals surface area contributed by atoms with Crippen LogP contribution in [0.25, 0.3) is 10.9 Å². The zero-order valence-corrected chi connectivity index (χ0v) is 12.7. The second-order valence-electron chi connectivity index (χ2n) is 5.52. The van der Waals surface area contributed by atoms with E-state index in [0.717, 1.165) is 11.1 Å². The Labute approximate surface area is 132 Å². The lowest BCUT2D eigenvalue weighted by Crippen LogP contribution is -2.22. The highest BCUT2D eigenvalue weighted by Gasteiger charge is 2.14. The molecule has 0 saturated heterocycles. The maximum absolute atomic E-state index is 13.7. The Bertz CT molecular complexity index is 956. The van der Waals surface area contributed by atoms with Gasteiger partial charge in [-0.05, 0) is 49.2 Å². The Kier molecular flexibility index (Phi) is 3.70. The quantitative estimate of drug-likeness (QED) is 0.760. The molecule has 0 aliphatic rings. The standard InChI is InChI=1S/C18H15FN2O2/c1-10-6-11(2)8-12(7-10)21-18(23)14-9-20-16-13(17(14)22)4-3-5-15(16)19/h3-9H,1-2H3,(H,20,22)(H,21,23). The minimum atomic E-state index is -0.527. The van der Waals surface area contributed by atoms with Crippen LogP contribution in [0.3, 0.4) is 0 Å². The summed E-state index contributed by atoms with van der Waals surface area (Å²) in [6.45, 7) is 3.85. The molecule has 0 radical (unpaired) electrons. The molecule has 3 aromatic rings. The minimum Gasteiger partial charge on any atom is -0.358 e. The van der Waals surface area contributed by atoms with Crippen molar-refractivity contribution in [2.24, 2.45) is 0 Å². The van der Waals surface area contributed by atoms with Crippen molar-refractivity contribution < 1.29 is 9.18 Å². The molecule has 0 bridgehead atoms. The lowest BCUT2D eigenvalue weighted by Gasteiger charge is -2.08. The molecule has 0 saturated carbocycles. The van der Waals surface area contributed by atoms with Gasteiger partial charge in [-0.1, -0.05) is 12.1 Å². The van der Waals surface area contributed by atoms with Crippen molar-refractivity contribution in [2.45, 2.75) is 13.8 Å². The van der Waals surface area contributed by atoms with Gasteiger partial charge in [0.1, 0.15) is 11.4 Å². The van der Waals surface area contributed by atoms with Gasteiger partial charge in [0, 0.05) is 17.3 Å². The van der Waals surface area contributed by atoms with E-state index in [2.05, 4.69) is 10.3 Å². The fraction of sp³-hybridized carbons (Fsp3) is 0.111. The largest absolute Gasteiger partial charge is 0.358 e. The van der Waals surface area contributed by atoms with Crippen LogP contribution in [-0.2, 0) is 0 Å². The minimum absolute atomic E-state index is 0.0535. The second kappa shape index (κ2) is 5.68. The van der Waals surface area contributed by atoms with Crippen LogP contribution in [0.2, 0.25) is 0 Å². The molecular weight excluding hydrogens is 295 g/mol. The van der Waals surface area contributed by atoms with Crippen LogP contribution in [0, 0.1) is 19.7 Å². The smallest absolute Gasteiger partial charge is 0.261 e. The van der Waals surface area contributed by atoms with Crippen LogP contribution < -0.4 is 10.7 Å². The molecule has 0 atom stereocenters. The first-order valence-corrected chi connectivity index (χ1v) is 7.15. The van der Waals surface area contributed by atoms with Gasteiger partial charge in [-0.15, -0.1) is 0 Å². The number of hydrogen-bond donors (Lipinski definition) is 2. The maximum Gasteiger partial charge on any atom is 0.261 e. The maximum atomic E-state index is 13.7. The Morgan fingerprint density at radius 2 is 1.83 bits per heavy atom. The Balaban J connectivity index is 2.01. The van der Waals surface area contributed by atoms with E-state index < -0.39 is 17.2 Å². The summed E-state index contributed by atoms with van der Waals surface area (Å²) in [7, 11) is 0. The SMILES string of the molecule is Cc1cc(C)cc(NC(=O)c2c[nH]c3c(F)cccc3c2=O)c1. The fourth-order valence-corrected chi connectivity index (χ4v) is 2.63. The molecule has 23 heavy (non-hydrogen) atoms. The van der Waals surface area contributed by atoms with Crippen LogP contribution in [0.15, 0.2) is 47.4 Å². The first kappa shape index (κ1) is 15.0. The number of anilines is 1. The highest BCUT2D eigenvalue weighted by Crippen LogP contribution is 2.16. The molecule has 116 valence electrons. The van der Waals surface area contributed by atoms with Gasteiger partial charge in [0.15, 0.2) is 0 Å². The fourth-order valence-electron chi connectivity index (χ4n) is 2.63. The first-order valence-electron chi connectivity index (χ1n) is 7.15. The van der Waals surface area contributed by atoms with Crippen molar-refractivity contribution in [2.75, 3.05) is 5.32 Å². The van der Waals surface area contributed by atoms with Crippen molar-refractivity contribution in [3.63, 3.8) is 0 Å². The summed E-state index contributed by atoms with van der Waals surface area (Å²) in [4.78, 5) is 27.4. The monoisotopic (exact) mass is 310 g/mol. The summed E-state index contributed by atoms with van der Waals surface area (Å²) in [6, 6.07) is 9.82. The first-order chi connectivity index (χ1) is 11.0. The number of aromatic amines is 1. The van der Waals surface area contributed by atoms with Crippen LogP contribution in [0.4, 0.5) is 10.1 Å². The van der Waals surface area contributed by atoms with Gasteiger partial charge in [0.05, 0.1) is 5.52 Å². The lowest BCUT2D eigenvalue weighted by atomic mass is 10.1. The van der Waals surface area contributed by atoms with E-state index in [1.165, 1.54) is 24.4 Å². The van der Waals surface area contributed by atoms with Crippen molar-refractivity contribution in [3.8, 4) is 0 Å². The molecule has 2 aromatic carbocycles. The zero-order valence-electron chi connectivity index (χ0n) is 12.7. The van der Waals surface area contributed by atoms with Crippen LogP contribution in [0.1, 0.15) is 21.5 Å². The number of amides is 1. The Hall–Kier alpha value is -2.95. The molecule has 0 aliphatic carbocycles. The number of aromatic nitrogens is 1. The van der Waals surface area contributed by atoms with Crippen molar-refractivity contribution in [1.82, 2.24) is 4.98 Å². The molecule has 3 rings (SSSR count). The third kappa shape index (κ3) is 2.85. The van der Waals surface area contributed by atoms with E-state index in [4.69, 9.17) is 0 Å². The number of carbonyl (C=O) groups excluding carboxylic acids is 1. The van der Waals surface area contributed by atoms with Crippen LogP contribution in [-0.4, -0.2) is 10.9 Å². The molecule has 0 fully saturated rings. The molecule has 1 amide bonds. The predicted octanol–water partition coefficient (Wildman–Crippen LogP) is 3.54. The number of hydrogen-bond acceptors (Lipinski definition) is 2. The van der Waals surface area contributed by atoms with Gasteiger partial charge < -0.3 is 10.3 Å². The van der Waals surface area contributed by atoms with Gasteiger partial charge >= 0.3 is 0 Å². The van der Waals surface area contributed by atoms with Gasteiger partial charge in [-0.3, -0.25) is 9.59 Å². The van der Waals surface area contributed by atoms with E-state index in [1.54, 1.807) is 0 Å². The van der Waals surface area contributed by atoms with Gasteiger partial charge in [0.25, 0.3) is 5.91 Å². The normalized spacial score (nSPS) is 10.7. The van der Waals surface area contributed by atoms with Crippen LogP contribution >= 0.6 is 0 Å². The molecule has 0 unspecified atom stereocenters. The van der Waals surface area contributed by atoms with Crippen molar-refractivity contribution in [3.05, 3.63) is 75.3 Å². The van der Waals surface area contributed by atoms with E-state index in [9.17, 15) is 14.0 Å². The average Bonchev–Trinajstić information content (AvgIpc) is 2.47. The van der Waals surface area contributed by atoms with Gasteiger partial charge in [0.2, 0.25) is 5.43 Å². The van der Waals surface area contributed by atoms with E-state index in [1.807, 2.05) is 32.0 Å². The molecule has 1 heterocycles. The van der Waals surface area contributed by atoms with E-state index in [-0.39, 0.29) is 16.5 Å². The summed E-state index contributed by atoms with van der Waals surface area (Å²) in [6.07, 6.45) is 1.24. The second-order valence-corrected chi connectivity index (χ2v) is 5.52. The number of nitrogens with one attached hydrogen (secondary N) is 2. The average molecular weight is 310 g/mol. The summed E-state index contributed by atoms with van der Waals surface area (Å²) in [5.41, 5.74) is 2.18. The number of pyridine rings is 1. The van der Waals surface area contributed by atoms with Gasteiger partial charge in [-0.25, -0.2) is 4.39 Å². The molecule has 2 N–H and O–H groups in total. The molecule has 1 aromatic heterocycles. The Morgan fingerprint density at radius 3 is 2.52 bits per heavy atom. The predicted molar refractivity (Wildman–Crippen MR) is 88.4 cm³/mol. The molecule has 0 aliphatic heterocycles. The van der Waals surface area contributed by atoms with Crippen molar-refractivity contribution >= 4 is 22.5 Å². The molecule has 0 spiro atoms. The third-order valence-corrected chi connectivity index (χ3v) is 3.59. The summed E-state index contributed by atoms with van der Waals surface area (Å²) in [5, 5.41) is 2.86. The van der Waals surface area contributed by atoms with E-state index in [0.29, 0.717) is 5.69 Å². The zero-order chi connectivity index (χ0) is 16.6. The van der Waals surface area contributed by atoms with E-state index >= 15 is 0 Å². The van der Waals surface area contributed by atoms with Crippen LogP contribution in [0.5, 0.6) is 0 Å². The number of para-hydroxylation sites is 1. The highest BCUT2D eigenvalue weighted by molar-refractivity contribution is 6.05.